The van der Waals surface area contributed by atoms with E-state index in [-0.39, 0.29) is 16.7 Å². The lowest BCUT2D eigenvalue weighted by Crippen LogP contribution is -2.21. The number of halogens is 7. The molecule has 0 aliphatic carbocycles. The van der Waals surface area contributed by atoms with Crippen LogP contribution < -0.4 is 4.74 Å². The van der Waals surface area contributed by atoms with E-state index in [4.69, 9.17) is 0 Å². The summed E-state index contributed by atoms with van der Waals surface area (Å²) in [6.07, 6.45) is 5.11. The molecule has 5 aromatic rings. The Balaban J connectivity index is 1.24. The standard InChI is InChI=1S/C36H27F7N2O/c1-2-3-4-5-22-20-44-35(45-21-22)25-9-6-23(7-10-25)26-11-8-24(30(37)16-26)14-15-36(42,43)46-28-12-13-29(31(38)19-28)27-17-32(39)34(41)33(40)18-27/h6-21H,2-5H2,1H3. The normalized spacial score (nSPS) is 11.7. The van der Waals surface area contributed by atoms with Gasteiger partial charge < -0.3 is 4.74 Å². The molecule has 10 heteroatoms. The first kappa shape index (κ1) is 32.4. The number of hydrogen-bond donors (Lipinski definition) is 0. The van der Waals surface area contributed by atoms with Crippen molar-refractivity contribution in [2.75, 3.05) is 0 Å². The van der Waals surface area contributed by atoms with Gasteiger partial charge in [0.05, 0.1) is 0 Å². The maximum Gasteiger partial charge on any atom is 0.419 e. The van der Waals surface area contributed by atoms with E-state index in [9.17, 15) is 30.7 Å². The van der Waals surface area contributed by atoms with Crippen molar-refractivity contribution in [3.8, 4) is 39.4 Å². The second-order valence-corrected chi connectivity index (χ2v) is 10.6. The van der Waals surface area contributed by atoms with E-state index in [0.717, 1.165) is 55.0 Å². The first-order chi connectivity index (χ1) is 22.0. The number of rotatable bonds is 11. The van der Waals surface area contributed by atoms with Crippen LogP contribution in [0.4, 0.5) is 30.7 Å². The van der Waals surface area contributed by atoms with Crippen LogP contribution >= 0.6 is 0 Å². The van der Waals surface area contributed by atoms with Crippen molar-refractivity contribution in [2.45, 2.75) is 38.7 Å². The van der Waals surface area contributed by atoms with Crippen LogP contribution in [0.2, 0.25) is 0 Å². The van der Waals surface area contributed by atoms with Crippen molar-refractivity contribution in [2.24, 2.45) is 0 Å². The fraction of sp³-hybridized carbons (Fsp3) is 0.167. The van der Waals surface area contributed by atoms with Gasteiger partial charge in [-0.3, -0.25) is 0 Å². The number of aromatic nitrogens is 2. The quantitative estimate of drug-likeness (QED) is 0.0822. The van der Waals surface area contributed by atoms with Crippen LogP contribution in [0.5, 0.6) is 5.75 Å². The van der Waals surface area contributed by atoms with E-state index in [1.807, 2.05) is 24.5 Å². The van der Waals surface area contributed by atoms with Gasteiger partial charge >= 0.3 is 6.11 Å². The number of nitrogens with zero attached hydrogens (tertiary/aromatic N) is 2. The predicted octanol–water partition coefficient (Wildman–Crippen LogP) is 10.6. The third-order valence-corrected chi connectivity index (χ3v) is 7.20. The van der Waals surface area contributed by atoms with Crippen molar-refractivity contribution in [3.63, 3.8) is 0 Å². The lowest BCUT2D eigenvalue weighted by Gasteiger charge is -2.15. The van der Waals surface area contributed by atoms with Gasteiger partial charge in [-0.25, -0.2) is 31.9 Å². The Morgan fingerprint density at radius 2 is 1.30 bits per heavy atom. The van der Waals surface area contributed by atoms with Crippen LogP contribution in [0.3, 0.4) is 0 Å². The molecule has 236 valence electrons. The van der Waals surface area contributed by atoms with Gasteiger partial charge in [0.2, 0.25) is 0 Å². The van der Waals surface area contributed by atoms with Crippen LogP contribution in [0.15, 0.2) is 91.3 Å². The zero-order valence-corrected chi connectivity index (χ0v) is 24.5. The minimum absolute atomic E-state index is 0.141. The number of ether oxygens (including phenoxy) is 1. The Morgan fingerprint density at radius 1 is 0.674 bits per heavy atom. The van der Waals surface area contributed by atoms with E-state index in [2.05, 4.69) is 21.6 Å². The second kappa shape index (κ2) is 14.0. The molecule has 1 aromatic heterocycles. The van der Waals surface area contributed by atoms with Crippen molar-refractivity contribution >= 4 is 6.08 Å². The highest BCUT2D eigenvalue weighted by atomic mass is 19.3. The van der Waals surface area contributed by atoms with Gasteiger partial charge in [-0.15, -0.1) is 0 Å². The monoisotopic (exact) mass is 636 g/mol. The first-order valence-electron chi connectivity index (χ1n) is 14.4. The topological polar surface area (TPSA) is 35.0 Å². The second-order valence-electron chi connectivity index (χ2n) is 10.6. The van der Waals surface area contributed by atoms with E-state index < -0.39 is 40.9 Å². The highest BCUT2D eigenvalue weighted by Crippen LogP contribution is 2.32. The summed E-state index contributed by atoms with van der Waals surface area (Å²) in [6.45, 7) is 2.15. The SMILES string of the molecule is CCCCCc1cnc(-c2ccc(-c3ccc(C=CC(F)(F)Oc4ccc(-c5cc(F)c(F)c(F)c5)c(F)c4)c(F)c3)cc2)nc1. The fourth-order valence-corrected chi connectivity index (χ4v) is 4.75. The highest BCUT2D eigenvalue weighted by Gasteiger charge is 2.28. The first-order valence-corrected chi connectivity index (χ1v) is 14.4. The zero-order valence-electron chi connectivity index (χ0n) is 24.5. The summed E-state index contributed by atoms with van der Waals surface area (Å²) >= 11 is 0. The van der Waals surface area contributed by atoms with E-state index in [1.165, 1.54) is 12.1 Å². The largest absolute Gasteiger partial charge is 0.429 e. The lowest BCUT2D eigenvalue weighted by molar-refractivity contribution is -0.131. The Labute approximate surface area is 261 Å². The third-order valence-electron chi connectivity index (χ3n) is 7.20. The molecule has 1 heterocycles. The van der Waals surface area contributed by atoms with Gasteiger partial charge in [0.1, 0.15) is 17.4 Å². The third kappa shape index (κ3) is 7.80. The maximum absolute atomic E-state index is 14.9. The number of benzene rings is 4. The van der Waals surface area contributed by atoms with Gasteiger partial charge in [0, 0.05) is 41.2 Å². The zero-order chi connectivity index (χ0) is 32.8. The minimum Gasteiger partial charge on any atom is -0.429 e. The Morgan fingerprint density at radius 3 is 1.93 bits per heavy atom. The Bertz CT molecular complexity index is 1830. The molecule has 0 aliphatic heterocycles. The smallest absolute Gasteiger partial charge is 0.419 e. The van der Waals surface area contributed by atoms with E-state index >= 15 is 0 Å². The summed E-state index contributed by atoms with van der Waals surface area (Å²) in [6, 6.07) is 15.0. The van der Waals surface area contributed by atoms with E-state index in [0.29, 0.717) is 41.2 Å². The molecular formula is C36H27F7N2O. The van der Waals surface area contributed by atoms with Crippen molar-refractivity contribution in [1.82, 2.24) is 9.97 Å². The van der Waals surface area contributed by atoms with Crippen LogP contribution in [0.1, 0.15) is 37.3 Å². The van der Waals surface area contributed by atoms with Gasteiger partial charge in [0.15, 0.2) is 23.3 Å². The molecule has 3 nitrogen and oxygen atoms in total. The molecule has 0 aliphatic rings. The summed E-state index contributed by atoms with van der Waals surface area (Å²) in [5.41, 5.74) is 2.25. The number of aryl methyl sites for hydroxylation is 1. The fourth-order valence-electron chi connectivity index (χ4n) is 4.75. The molecule has 0 N–H and O–H groups in total. The van der Waals surface area contributed by atoms with Gasteiger partial charge in [0.25, 0.3) is 0 Å². The molecule has 0 spiro atoms. The molecule has 0 fully saturated rings. The van der Waals surface area contributed by atoms with Gasteiger partial charge in [-0.2, -0.15) is 8.78 Å². The van der Waals surface area contributed by atoms with Crippen molar-refractivity contribution < 1.29 is 35.5 Å². The molecule has 5 rings (SSSR count). The molecule has 0 radical (unpaired) electrons. The average Bonchev–Trinajstić information content (AvgIpc) is 3.03. The van der Waals surface area contributed by atoms with Gasteiger partial charge in [-0.1, -0.05) is 56.2 Å². The Kier molecular flexibility index (Phi) is 9.84. The van der Waals surface area contributed by atoms with E-state index in [1.54, 1.807) is 18.2 Å². The van der Waals surface area contributed by atoms with Crippen molar-refractivity contribution in [3.05, 3.63) is 131 Å². The summed E-state index contributed by atoms with van der Waals surface area (Å²) in [4.78, 5) is 8.89. The number of unbranched alkanes of at least 4 members (excludes halogenated alkanes) is 2. The van der Waals surface area contributed by atoms with Crippen LogP contribution in [-0.4, -0.2) is 16.1 Å². The molecule has 0 atom stereocenters. The molecule has 46 heavy (non-hydrogen) atoms. The number of alkyl halides is 2. The predicted molar refractivity (Wildman–Crippen MR) is 162 cm³/mol. The molecule has 0 bridgehead atoms. The maximum atomic E-state index is 14.9. The summed E-state index contributed by atoms with van der Waals surface area (Å²) in [7, 11) is 0. The van der Waals surface area contributed by atoms with Crippen LogP contribution in [0, 0.1) is 29.1 Å². The molecule has 4 aromatic carbocycles. The summed E-state index contributed by atoms with van der Waals surface area (Å²) < 4.78 is 103. The molecule has 0 unspecified atom stereocenters. The lowest BCUT2D eigenvalue weighted by atomic mass is 10.0. The Hall–Kier alpha value is -4.99. The van der Waals surface area contributed by atoms with Crippen LogP contribution in [0.25, 0.3) is 39.7 Å². The minimum atomic E-state index is -3.97. The highest BCUT2D eigenvalue weighted by molar-refractivity contribution is 5.69. The average molecular weight is 637 g/mol. The summed E-state index contributed by atoms with van der Waals surface area (Å²) in [5.74, 6) is -6.72. The summed E-state index contributed by atoms with van der Waals surface area (Å²) in [5, 5.41) is 0. The molecule has 0 saturated carbocycles. The van der Waals surface area contributed by atoms with Crippen LogP contribution in [-0.2, 0) is 6.42 Å². The molecule has 0 amide bonds. The molecule has 0 saturated heterocycles. The molecular weight excluding hydrogens is 609 g/mol. The van der Waals surface area contributed by atoms with Gasteiger partial charge in [-0.05, 0) is 71.5 Å². The van der Waals surface area contributed by atoms with Crippen molar-refractivity contribution in [1.29, 1.82) is 0 Å². The number of hydrogen-bond acceptors (Lipinski definition) is 3.